The monoisotopic (exact) mass is 1020 g/mol. The van der Waals surface area contributed by atoms with Gasteiger partial charge in [-0.15, -0.1) is 0 Å². The summed E-state index contributed by atoms with van der Waals surface area (Å²) in [5.74, 6) is 0.453. The number of halogens is 6. The number of alkyl halides is 4. The molecule has 0 saturated heterocycles. The molecule has 22 heteroatoms. The van der Waals surface area contributed by atoms with Gasteiger partial charge in [0, 0.05) is 43.6 Å². The number of nitrogens with zero attached hydrogens (tertiary/aromatic N) is 10. The Bertz CT molecular complexity index is 3230. The van der Waals surface area contributed by atoms with Crippen molar-refractivity contribution in [3.8, 4) is 35.0 Å². The lowest BCUT2D eigenvalue weighted by atomic mass is 10.1. The molecule has 74 heavy (non-hydrogen) atoms. The Morgan fingerprint density at radius 2 is 1.12 bits per heavy atom. The van der Waals surface area contributed by atoms with Crippen molar-refractivity contribution in [3.63, 3.8) is 0 Å². The van der Waals surface area contributed by atoms with Crippen LogP contribution < -0.4 is 9.47 Å². The van der Waals surface area contributed by atoms with Crippen LogP contribution in [0.3, 0.4) is 0 Å². The Labute approximate surface area is 420 Å². The molecule has 16 nitrogen and oxygen atoms in total. The van der Waals surface area contributed by atoms with Gasteiger partial charge in [0.25, 0.3) is 12.9 Å². The van der Waals surface area contributed by atoms with Crippen LogP contribution in [0.2, 0.25) is 0 Å². The number of hydrogen-bond acceptors (Lipinski definition) is 12. The molecule has 0 spiro atoms. The van der Waals surface area contributed by atoms with Crippen LogP contribution in [0.1, 0.15) is 112 Å². The molecule has 8 rings (SSSR count). The van der Waals surface area contributed by atoms with Crippen LogP contribution in [0.4, 0.5) is 26.3 Å². The first-order valence-corrected chi connectivity index (χ1v) is 22.3. The van der Waals surface area contributed by atoms with E-state index in [-0.39, 0.29) is 40.8 Å². The van der Waals surface area contributed by atoms with E-state index in [0.717, 1.165) is 27.6 Å². The third-order valence-corrected chi connectivity index (χ3v) is 11.2. The largest absolute Gasteiger partial charge is 0.497 e. The highest BCUT2D eigenvalue weighted by molar-refractivity contribution is 5.72. The van der Waals surface area contributed by atoms with Crippen LogP contribution in [-0.2, 0) is 36.8 Å². The fourth-order valence-corrected chi connectivity index (χ4v) is 7.26. The summed E-state index contributed by atoms with van der Waals surface area (Å²) in [6.45, 7) is 3.99. The second kappa shape index (κ2) is 25.2. The lowest BCUT2D eigenvalue weighted by molar-refractivity contribution is 0.0521. The maximum atomic E-state index is 14.3. The Balaban J connectivity index is 0.000000209. The van der Waals surface area contributed by atoms with E-state index in [2.05, 4.69) is 20.4 Å². The van der Waals surface area contributed by atoms with Gasteiger partial charge in [-0.2, -0.15) is 30.9 Å². The number of hydrogen-bond donors (Lipinski definition) is 1. The number of benzene rings is 4. The molecule has 4 aromatic carbocycles. The van der Waals surface area contributed by atoms with Crippen LogP contribution in [0.25, 0.3) is 11.4 Å². The van der Waals surface area contributed by atoms with E-state index in [4.69, 9.17) is 29.5 Å². The van der Waals surface area contributed by atoms with Gasteiger partial charge < -0.3 is 24.1 Å². The summed E-state index contributed by atoms with van der Waals surface area (Å²) in [6, 6.07) is 31.4. The molecule has 0 aliphatic rings. The number of aryl methyl sites for hydroxylation is 2. The third kappa shape index (κ3) is 13.7. The summed E-state index contributed by atoms with van der Waals surface area (Å²) in [5, 5.41) is 44.2. The summed E-state index contributed by atoms with van der Waals surface area (Å²) in [6.07, 6.45) is -6.09. The zero-order valence-electron chi connectivity index (χ0n) is 40.6. The van der Waals surface area contributed by atoms with E-state index in [1.807, 2.05) is 48.5 Å². The van der Waals surface area contributed by atoms with Crippen molar-refractivity contribution >= 4 is 6.29 Å². The maximum Gasteiger partial charge on any atom is 0.282 e. The highest BCUT2D eigenvalue weighted by atomic mass is 19.3. The van der Waals surface area contributed by atoms with E-state index in [9.17, 15) is 36.2 Å². The Morgan fingerprint density at radius 1 is 0.622 bits per heavy atom. The number of aliphatic hydroxyl groups excluding tert-OH is 1. The summed E-state index contributed by atoms with van der Waals surface area (Å²) >= 11 is 0. The van der Waals surface area contributed by atoms with Crippen LogP contribution in [-0.4, -0.2) is 64.7 Å². The van der Waals surface area contributed by atoms with E-state index in [1.54, 1.807) is 47.2 Å². The molecule has 1 unspecified atom stereocenters. The number of nitriles is 2. The topological polar surface area (TPSA) is 193 Å². The van der Waals surface area contributed by atoms with Gasteiger partial charge in [-0.25, -0.2) is 35.7 Å². The van der Waals surface area contributed by atoms with Crippen LogP contribution >= 0.6 is 0 Å². The number of methoxy groups -OCH3 is 2. The molecule has 4 heterocycles. The third-order valence-electron chi connectivity index (χ3n) is 11.2. The highest BCUT2D eigenvalue weighted by Gasteiger charge is 2.27. The number of rotatable bonds is 17. The van der Waals surface area contributed by atoms with Crippen molar-refractivity contribution in [2.24, 2.45) is 14.1 Å². The van der Waals surface area contributed by atoms with Gasteiger partial charge >= 0.3 is 0 Å². The van der Waals surface area contributed by atoms with Crippen molar-refractivity contribution in [1.29, 1.82) is 10.5 Å². The molecule has 0 aliphatic heterocycles. The lowest BCUT2D eigenvalue weighted by Crippen LogP contribution is -2.14. The molecule has 384 valence electrons. The lowest BCUT2D eigenvalue weighted by Gasteiger charge is -2.20. The number of aromatic nitrogens is 8. The number of aliphatic hydroxyl groups is 1. The van der Waals surface area contributed by atoms with Crippen molar-refractivity contribution in [1.82, 2.24) is 39.1 Å². The van der Waals surface area contributed by atoms with Gasteiger partial charge in [0.1, 0.15) is 58.5 Å². The number of aldehydes is 1. The van der Waals surface area contributed by atoms with Gasteiger partial charge in [0.2, 0.25) is 0 Å². The number of carbonyl (C=O) groups is 1. The fraction of sp³-hybridized carbons (Fsp3) is 0.250. The normalized spacial score (nSPS) is 12.2. The van der Waals surface area contributed by atoms with E-state index < -0.39 is 48.5 Å². The standard InChI is InChI=1S/C26H24F3N5O3.C20H19F3N2O2.C6H5N3O/c1-15(37-14-16-4-7-19(36-3)8-5-16)20-10-17(27)6-9-22(20)34-24(12-21(32-34)26(28)29)25(35)23-11-18(13-30)31-33(23)2;1-13(27-12-14-3-6-16(26-2)7-4-14)17-11-15(21)5-8-19(17)25-10-9-18(24-25)20(22)23;1-9-6(4-10)2-5(3-7)8-9/h4-12,15,25-26,35H,14H2,1-3H3;3-11,13,20H,12H2,1-2H3;2,4H,1H3/t15-,25?;13-;/m11./s1. The molecule has 0 saturated carbocycles. The van der Waals surface area contributed by atoms with Gasteiger partial charge in [-0.1, -0.05) is 24.3 Å². The Hall–Kier alpha value is -8.57. The predicted molar refractivity (Wildman–Crippen MR) is 255 cm³/mol. The summed E-state index contributed by atoms with van der Waals surface area (Å²) in [7, 11) is 6.29. The minimum absolute atomic E-state index is 0.00185. The van der Waals surface area contributed by atoms with Crippen molar-refractivity contribution in [2.45, 2.75) is 58.2 Å². The van der Waals surface area contributed by atoms with Crippen LogP contribution in [0.15, 0.2) is 115 Å². The quantitative estimate of drug-likeness (QED) is 0.0671. The Kier molecular flexibility index (Phi) is 18.6. The van der Waals surface area contributed by atoms with Gasteiger partial charge in [0.15, 0.2) is 17.7 Å². The zero-order chi connectivity index (χ0) is 53.6. The molecule has 0 fully saturated rings. The zero-order valence-corrected chi connectivity index (χ0v) is 40.6. The molecule has 8 aromatic rings. The number of carbonyl (C=O) groups excluding carboxylic acids is 1. The van der Waals surface area contributed by atoms with Crippen LogP contribution in [0.5, 0.6) is 11.5 Å². The summed E-state index contributed by atoms with van der Waals surface area (Å²) in [5.41, 5.74) is 3.42. The molecule has 0 radical (unpaired) electrons. The first kappa shape index (κ1) is 54.8. The average molecular weight is 1020 g/mol. The SMILES string of the molecule is COc1ccc(CO[C@H](C)c2cc(F)ccc2-n2ccc(C(F)F)n2)cc1.COc1ccc(CO[C@H](C)c2cc(F)ccc2-n2nc(C(F)F)cc2C(O)c2cc(C#N)nn2C)cc1.Cn1nc(C#N)cc1C=O. The average Bonchev–Trinajstić information content (AvgIpc) is 4.24. The van der Waals surface area contributed by atoms with Crippen molar-refractivity contribution < 1.29 is 55.2 Å². The van der Waals surface area contributed by atoms with Crippen LogP contribution in [0, 0.1) is 34.3 Å². The molecule has 0 aliphatic carbocycles. The Morgan fingerprint density at radius 3 is 1.57 bits per heavy atom. The fourth-order valence-electron chi connectivity index (χ4n) is 7.26. The minimum Gasteiger partial charge on any atom is -0.497 e. The second-order valence-electron chi connectivity index (χ2n) is 16.1. The molecular weight excluding hydrogens is 975 g/mol. The van der Waals surface area contributed by atoms with Gasteiger partial charge in [0.05, 0.1) is 62.4 Å². The predicted octanol–water partition coefficient (Wildman–Crippen LogP) is 10.3. The highest BCUT2D eigenvalue weighted by Crippen LogP contribution is 2.34. The van der Waals surface area contributed by atoms with Crippen molar-refractivity contribution in [2.75, 3.05) is 14.2 Å². The van der Waals surface area contributed by atoms with Gasteiger partial charge in [-0.3, -0.25) is 14.2 Å². The molecule has 4 aromatic heterocycles. The molecular formula is C52H48F6N10O6. The first-order chi connectivity index (χ1) is 35.5. The molecule has 0 amide bonds. The summed E-state index contributed by atoms with van der Waals surface area (Å²) in [4.78, 5) is 10.2. The molecule has 0 bridgehead atoms. The minimum atomic E-state index is -2.92. The smallest absolute Gasteiger partial charge is 0.282 e. The maximum absolute atomic E-state index is 14.3. The first-order valence-electron chi connectivity index (χ1n) is 22.3. The second-order valence-corrected chi connectivity index (χ2v) is 16.1. The molecule has 1 N–H and O–H groups in total. The van der Waals surface area contributed by atoms with E-state index in [1.165, 1.54) is 81.9 Å². The van der Waals surface area contributed by atoms with Crippen molar-refractivity contribution in [3.05, 3.63) is 189 Å². The van der Waals surface area contributed by atoms with E-state index in [0.29, 0.717) is 41.2 Å². The van der Waals surface area contributed by atoms with Gasteiger partial charge in [-0.05, 0) is 97.8 Å². The molecule has 3 atom stereocenters. The summed E-state index contributed by atoms with van der Waals surface area (Å²) < 4.78 is 108. The van der Waals surface area contributed by atoms with E-state index >= 15 is 0 Å². The number of ether oxygens (including phenoxy) is 4.